The van der Waals surface area contributed by atoms with Crippen LogP contribution >= 0.6 is 0 Å². The summed E-state index contributed by atoms with van der Waals surface area (Å²) in [5.41, 5.74) is -0.174. The third-order valence-corrected chi connectivity index (χ3v) is 6.44. The molecule has 0 spiro atoms. The molecule has 0 radical (unpaired) electrons. The Hall–Kier alpha value is -2.42. The van der Waals surface area contributed by atoms with Crippen LogP contribution in [-0.4, -0.2) is 46.0 Å². The van der Waals surface area contributed by atoms with E-state index in [9.17, 15) is 18.0 Å². The van der Waals surface area contributed by atoms with Gasteiger partial charge in [0, 0.05) is 43.5 Å². The van der Waals surface area contributed by atoms with E-state index in [1.807, 2.05) is 18.4 Å². The summed E-state index contributed by atoms with van der Waals surface area (Å²) >= 11 is 0. The van der Waals surface area contributed by atoms with Crippen LogP contribution in [0.1, 0.15) is 38.1 Å². The minimum atomic E-state index is -3.25. The summed E-state index contributed by atoms with van der Waals surface area (Å²) in [6.45, 7) is 4.24. The zero-order valence-corrected chi connectivity index (χ0v) is 16.2. The van der Waals surface area contributed by atoms with Crippen LogP contribution in [0.4, 0.5) is 0 Å². The van der Waals surface area contributed by atoms with Gasteiger partial charge in [0.1, 0.15) is 5.82 Å². The van der Waals surface area contributed by atoms with E-state index in [-0.39, 0.29) is 47.9 Å². The second-order valence-corrected chi connectivity index (χ2v) is 9.30. The molecule has 1 aliphatic heterocycles. The molecule has 1 saturated heterocycles. The molecule has 1 aliphatic rings. The highest BCUT2D eigenvalue weighted by molar-refractivity contribution is 7.91. The largest absolute Gasteiger partial charge is 0.350 e. The van der Waals surface area contributed by atoms with E-state index in [4.69, 9.17) is 0 Å². The molecule has 3 heterocycles. The van der Waals surface area contributed by atoms with Crippen LogP contribution in [-0.2, 0) is 21.2 Å². The Morgan fingerprint density at radius 2 is 2.07 bits per heavy atom. The zero-order chi connectivity index (χ0) is 19.6. The maximum atomic E-state index is 12.4. The van der Waals surface area contributed by atoms with Crippen molar-refractivity contribution in [2.75, 3.05) is 11.5 Å². The Morgan fingerprint density at radius 1 is 1.30 bits per heavy atom. The number of sulfone groups is 1. The fraction of sp³-hybridized carbons (Fsp3) is 0.500. The molecule has 0 bridgehead atoms. The smallest absolute Gasteiger partial charge is 0.250 e. The van der Waals surface area contributed by atoms with Crippen molar-refractivity contribution in [3.63, 3.8) is 0 Å². The summed E-state index contributed by atoms with van der Waals surface area (Å²) < 4.78 is 27.7. The fourth-order valence-electron chi connectivity index (χ4n) is 3.44. The third-order valence-electron chi connectivity index (χ3n) is 4.72. The molecule has 8 nitrogen and oxygen atoms in total. The molecular weight excluding hydrogens is 368 g/mol. The number of nitrogens with zero attached hydrogens (tertiary/aromatic N) is 3. The average molecular weight is 392 g/mol. The van der Waals surface area contributed by atoms with Gasteiger partial charge in [0.2, 0.25) is 5.91 Å². The van der Waals surface area contributed by atoms with Gasteiger partial charge in [-0.05, 0) is 6.07 Å². The Morgan fingerprint density at radius 3 is 2.78 bits per heavy atom. The first kappa shape index (κ1) is 19.3. The average Bonchev–Trinajstić information content (AvgIpc) is 3.18. The van der Waals surface area contributed by atoms with E-state index in [0.717, 1.165) is 5.82 Å². The van der Waals surface area contributed by atoms with Crippen LogP contribution in [0, 0.1) is 0 Å². The van der Waals surface area contributed by atoms with Crippen molar-refractivity contribution < 1.29 is 13.2 Å². The molecule has 3 rings (SSSR count). The van der Waals surface area contributed by atoms with Crippen molar-refractivity contribution >= 4 is 15.7 Å². The summed E-state index contributed by atoms with van der Waals surface area (Å²) in [6.07, 6.45) is 5.15. The van der Waals surface area contributed by atoms with Crippen LogP contribution in [0.2, 0.25) is 0 Å². The Kier molecular flexibility index (Phi) is 5.50. The quantitative estimate of drug-likeness (QED) is 0.780. The van der Waals surface area contributed by atoms with Gasteiger partial charge in [-0.25, -0.2) is 13.4 Å². The van der Waals surface area contributed by atoms with Gasteiger partial charge in [0.05, 0.1) is 23.6 Å². The number of amides is 1. The highest BCUT2D eigenvalue weighted by atomic mass is 32.2. The summed E-state index contributed by atoms with van der Waals surface area (Å²) in [5, 5.41) is 2.85. The van der Waals surface area contributed by atoms with Crippen LogP contribution < -0.4 is 10.9 Å². The molecule has 0 aromatic carbocycles. The normalized spacial score (nSPS) is 21.4. The molecule has 146 valence electrons. The Balaban J connectivity index is 1.71. The number of pyridine rings is 1. The Bertz CT molecular complexity index is 977. The first-order chi connectivity index (χ1) is 12.8. The summed E-state index contributed by atoms with van der Waals surface area (Å²) in [7, 11) is -3.25. The van der Waals surface area contributed by atoms with Gasteiger partial charge in [-0.15, -0.1) is 0 Å². The van der Waals surface area contributed by atoms with Gasteiger partial charge in [0.15, 0.2) is 9.84 Å². The number of nitrogens with one attached hydrogen (secondary N) is 1. The molecular formula is C18H24N4O4S. The van der Waals surface area contributed by atoms with Crippen LogP contribution in [0.15, 0.2) is 41.6 Å². The predicted molar refractivity (Wildman–Crippen MR) is 101 cm³/mol. The van der Waals surface area contributed by atoms with Crippen LogP contribution in [0.25, 0.3) is 0 Å². The molecule has 0 saturated carbocycles. The molecule has 1 amide bonds. The van der Waals surface area contributed by atoms with Crippen LogP contribution in [0.3, 0.4) is 0 Å². The van der Waals surface area contributed by atoms with Crippen molar-refractivity contribution in [2.24, 2.45) is 0 Å². The summed E-state index contributed by atoms with van der Waals surface area (Å²) in [4.78, 5) is 28.4. The summed E-state index contributed by atoms with van der Waals surface area (Å²) in [6, 6.07) is 3.92. The number of imidazole rings is 1. The van der Waals surface area contributed by atoms with Gasteiger partial charge >= 0.3 is 0 Å². The molecule has 27 heavy (non-hydrogen) atoms. The van der Waals surface area contributed by atoms with E-state index < -0.39 is 15.9 Å². The SMILES string of the molecule is CC(C)c1nccn1[C@@H]1CS(=O)(=O)C[C@H]1NC(=O)CCn1ccccc1=O. The number of aryl methyl sites for hydroxylation is 1. The lowest BCUT2D eigenvalue weighted by Gasteiger charge is -2.23. The van der Waals surface area contributed by atoms with E-state index in [1.165, 1.54) is 10.6 Å². The minimum Gasteiger partial charge on any atom is -0.350 e. The molecule has 0 unspecified atom stereocenters. The van der Waals surface area contributed by atoms with Gasteiger partial charge in [-0.2, -0.15) is 0 Å². The van der Waals surface area contributed by atoms with E-state index in [0.29, 0.717) is 0 Å². The van der Waals surface area contributed by atoms with Crippen molar-refractivity contribution in [1.29, 1.82) is 0 Å². The highest BCUT2D eigenvalue weighted by Crippen LogP contribution is 2.27. The lowest BCUT2D eigenvalue weighted by atomic mass is 10.1. The van der Waals surface area contributed by atoms with Crippen molar-refractivity contribution in [2.45, 2.75) is 44.8 Å². The molecule has 9 heteroatoms. The van der Waals surface area contributed by atoms with Gasteiger partial charge in [0.25, 0.3) is 5.56 Å². The number of hydrogen-bond acceptors (Lipinski definition) is 5. The van der Waals surface area contributed by atoms with Crippen molar-refractivity contribution in [3.05, 3.63) is 53.0 Å². The first-order valence-electron chi connectivity index (χ1n) is 8.95. The van der Waals surface area contributed by atoms with Crippen LogP contribution in [0.5, 0.6) is 0 Å². The molecule has 0 aliphatic carbocycles. The lowest BCUT2D eigenvalue weighted by Crippen LogP contribution is -2.41. The number of rotatable bonds is 6. The molecule has 1 N–H and O–H groups in total. The van der Waals surface area contributed by atoms with E-state index >= 15 is 0 Å². The number of hydrogen-bond donors (Lipinski definition) is 1. The lowest BCUT2D eigenvalue weighted by molar-refractivity contribution is -0.122. The van der Waals surface area contributed by atoms with E-state index in [2.05, 4.69) is 10.3 Å². The fourth-order valence-corrected chi connectivity index (χ4v) is 5.34. The molecule has 2 aromatic heterocycles. The molecule has 2 aromatic rings. The second-order valence-electron chi connectivity index (χ2n) is 7.15. The van der Waals surface area contributed by atoms with Crippen molar-refractivity contribution in [3.8, 4) is 0 Å². The van der Waals surface area contributed by atoms with Gasteiger partial charge in [-0.3, -0.25) is 9.59 Å². The monoisotopic (exact) mass is 392 g/mol. The molecule has 2 atom stereocenters. The topological polar surface area (TPSA) is 103 Å². The number of carbonyl (C=O) groups excluding carboxylic acids is 1. The van der Waals surface area contributed by atoms with Gasteiger partial charge in [-0.1, -0.05) is 19.9 Å². The van der Waals surface area contributed by atoms with Crippen molar-refractivity contribution in [1.82, 2.24) is 19.4 Å². The van der Waals surface area contributed by atoms with Gasteiger partial charge < -0.3 is 14.5 Å². The number of carbonyl (C=O) groups is 1. The van der Waals surface area contributed by atoms with E-state index in [1.54, 1.807) is 30.7 Å². The molecule has 1 fully saturated rings. The maximum absolute atomic E-state index is 12.4. The zero-order valence-electron chi connectivity index (χ0n) is 15.4. The predicted octanol–water partition coefficient (Wildman–Crippen LogP) is 0.713. The highest BCUT2D eigenvalue weighted by Gasteiger charge is 2.40. The standard InChI is InChI=1S/C18H24N4O4S/c1-13(2)18-19-7-10-22(18)15-12-27(25,26)11-14(15)20-16(23)6-9-21-8-4-3-5-17(21)24/h3-5,7-8,10,13-15H,6,9,11-12H2,1-2H3,(H,20,23)/t14-,15-/m1/s1. The third kappa shape index (κ3) is 4.47. The maximum Gasteiger partial charge on any atom is 0.250 e. The minimum absolute atomic E-state index is 0.0217. The number of aromatic nitrogens is 3. The first-order valence-corrected chi connectivity index (χ1v) is 10.8. The second kappa shape index (κ2) is 7.67. The summed E-state index contributed by atoms with van der Waals surface area (Å²) in [5.74, 6) is 0.553. The Labute approximate surface area is 158 Å².